The van der Waals surface area contributed by atoms with Crippen LogP contribution in [-0.2, 0) is 0 Å². The Labute approximate surface area is 134 Å². The number of anilines is 1. The summed E-state index contributed by atoms with van der Waals surface area (Å²) in [6.07, 6.45) is 0.676. The highest BCUT2D eigenvalue weighted by atomic mass is 35.5. The van der Waals surface area contributed by atoms with Gasteiger partial charge in [0.05, 0.1) is 10.7 Å². The molecule has 0 bridgehead atoms. The number of amides is 1. The molecule has 0 aliphatic carbocycles. The van der Waals surface area contributed by atoms with Gasteiger partial charge in [-0.1, -0.05) is 29.8 Å². The lowest BCUT2D eigenvalue weighted by Crippen LogP contribution is -2.17. The number of carbonyl (C=O) groups is 1. The van der Waals surface area contributed by atoms with Gasteiger partial charge in [-0.25, -0.2) is 13.6 Å². The molecule has 0 fully saturated rings. The van der Waals surface area contributed by atoms with Crippen molar-refractivity contribution in [2.45, 2.75) is 0 Å². The fourth-order valence-electron chi connectivity index (χ4n) is 2.01. The number of carbonyl (C=O) groups excluding carboxylic acids is 1. The van der Waals surface area contributed by atoms with Crippen molar-refractivity contribution in [2.24, 2.45) is 0 Å². The molecule has 7 heteroatoms. The van der Waals surface area contributed by atoms with E-state index in [4.69, 9.17) is 16.3 Å². The highest BCUT2D eigenvalue weighted by Crippen LogP contribution is 2.26. The van der Waals surface area contributed by atoms with Gasteiger partial charge in [0.2, 0.25) is 0 Å². The fourth-order valence-corrected chi connectivity index (χ4v) is 2.21. The molecule has 0 radical (unpaired) electrons. The second-order valence-corrected chi connectivity index (χ2v) is 5.00. The second-order valence-electron chi connectivity index (χ2n) is 4.59. The average Bonchev–Trinajstić information content (AvgIpc) is 2.53. The predicted octanol–water partition coefficient (Wildman–Crippen LogP) is 4.78. The molecule has 1 amide bonds. The van der Waals surface area contributed by atoms with Gasteiger partial charge in [-0.3, -0.25) is 10.3 Å². The Morgan fingerprint density at radius 1 is 1.13 bits per heavy atom. The first-order valence-electron chi connectivity index (χ1n) is 6.52. The number of aromatic nitrogens is 1. The molecular formula is C16H9ClF2N2O2. The summed E-state index contributed by atoms with van der Waals surface area (Å²) in [7, 11) is 0. The van der Waals surface area contributed by atoms with Crippen molar-refractivity contribution < 1.29 is 18.3 Å². The van der Waals surface area contributed by atoms with Crippen LogP contribution in [0, 0.1) is 11.6 Å². The first-order chi connectivity index (χ1) is 11.0. The number of fused-ring (bicyclic) bond motifs is 1. The van der Waals surface area contributed by atoms with Gasteiger partial charge in [-0.15, -0.1) is 0 Å². The molecule has 1 N–H and O–H groups in total. The van der Waals surface area contributed by atoms with Crippen molar-refractivity contribution in [3.05, 3.63) is 65.3 Å². The molecule has 23 heavy (non-hydrogen) atoms. The molecular weight excluding hydrogens is 326 g/mol. The molecule has 2 aromatic carbocycles. The number of benzene rings is 2. The summed E-state index contributed by atoms with van der Waals surface area (Å²) in [6.45, 7) is 0. The third-order valence-electron chi connectivity index (χ3n) is 3.05. The van der Waals surface area contributed by atoms with Gasteiger partial charge in [-0.2, -0.15) is 0 Å². The molecule has 3 rings (SSSR count). The van der Waals surface area contributed by atoms with Crippen molar-refractivity contribution in [1.29, 1.82) is 0 Å². The summed E-state index contributed by atoms with van der Waals surface area (Å²) in [5.74, 6) is -2.00. The van der Waals surface area contributed by atoms with Crippen molar-refractivity contribution in [3.8, 4) is 5.75 Å². The predicted molar refractivity (Wildman–Crippen MR) is 82.8 cm³/mol. The topological polar surface area (TPSA) is 51.2 Å². The Balaban J connectivity index is 1.83. The zero-order valence-electron chi connectivity index (χ0n) is 11.5. The Bertz CT molecular complexity index is 897. The second kappa shape index (κ2) is 6.18. The van der Waals surface area contributed by atoms with Crippen molar-refractivity contribution in [2.75, 3.05) is 5.32 Å². The molecule has 4 nitrogen and oxygen atoms in total. The van der Waals surface area contributed by atoms with Crippen molar-refractivity contribution in [3.63, 3.8) is 0 Å². The number of para-hydroxylation sites is 1. The monoisotopic (exact) mass is 334 g/mol. The highest BCUT2D eigenvalue weighted by Gasteiger charge is 2.13. The van der Waals surface area contributed by atoms with Crippen LogP contribution in [0.2, 0.25) is 5.02 Å². The number of hydrogen-bond donors (Lipinski definition) is 1. The van der Waals surface area contributed by atoms with E-state index in [0.29, 0.717) is 5.52 Å². The largest absolute Gasteiger partial charge is 0.417 e. The fraction of sp³-hybridized carbons (Fsp3) is 0. The summed E-state index contributed by atoms with van der Waals surface area (Å²) in [5, 5.41) is 2.92. The third-order valence-corrected chi connectivity index (χ3v) is 3.36. The quantitative estimate of drug-likeness (QED) is 0.686. The van der Waals surface area contributed by atoms with E-state index in [1.54, 1.807) is 24.4 Å². The van der Waals surface area contributed by atoms with Gasteiger partial charge in [-0.05, 0) is 18.2 Å². The third kappa shape index (κ3) is 3.22. The Morgan fingerprint density at radius 3 is 2.70 bits per heavy atom. The number of hydrogen-bond acceptors (Lipinski definition) is 3. The molecule has 116 valence electrons. The van der Waals surface area contributed by atoms with E-state index in [1.165, 1.54) is 0 Å². The van der Waals surface area contributed by atoms with Gasteiger partial charge in [0, 0.05) is 17.6 Å². The SMILES string of the molecule is O=C(Nc1cc(F)c(F)cc1Cl)Oc1cccc2cccnc12. The maximum atomic E-state index is 13.2. The van der Waals surface area contributed by atoms with E-state index in [0.717, 1.165) is 17.5 Å². The molecule has 0 aliphatic heterocycles. The summed E-state index contributed by atoms with van der Waals surface area (Å²) in [6, 6.07) is 10.2. The lowest BCUT2D eigenvalue weighted by Gasteiger charge is -2.10. The number of ether oxygens (including phenoxy) is 1. The molecule has 1 heterocycles. The van der Waals surface area contributed by atoms with E-state index in [2.05, 4.69) is 10.3 Å². The zero-order valence-corrected chi connectivity index (χ0v) is 12.3. The molecule has 0 aliphatic rings. The first kappa shape index (κ1) is 15.2. The van der Waals surface area contributed by atoms with E-state index < -0.39 is 17.7 Å². The maximum absolute atomic E-state index is 13.2. The minimum atomic E-state index is -1.13. The number of halogens is 3. The standard InChI is InChI=1S/C16H9ClF2N2O2/c17-10-7-11(18)12(19)8-13(10)21-16(22)23-14-5-1-3-9-4-2-6-20-15(9)14/h1-8H,(H,21,22). The molecule has 0 saturated heterocycles. The van der Waals surface area contributed by atoms with Gasteiger partial charge in [0.25, 0.3) is 0 Å². The van der Waals surface area contributed by atoms with Gasteiger partial charge in [0.1, 0.15) is 5.52 Å². The Morgan fingerprint density at radius 2 is 1.87 bits per heavy atom. The van der Waals surface area contributed by atoms with Crippen LogP contribution in [0.4, 0.5) is 19.3 Å². The van der Waals surface area contributed by atoms with Crippen molar-refractivity contribution >= 4 is 34.3 Å². The van der Waals surface area contributed by atoms with Gasteiger partial charge < -0.3 is 4.74 Å². The molecule has 0 unspecified atom stereocenters. The van der Waals surface area contributed by atoms with Crippen LogP contribution < -0.4 is 10.1 Å². The summed E-state index contributed by atoms with van der Waals surface area (Å²) >= 11 is 5.75. The van der Waals surface area contributed by atoms with Crippen LogP contribution in [0.5, 0.6) is 5.75 Å². The number of pyridine rings is 1. The van der Waals surface area contributed by atoms with E-state index in [9.17, 15) is 13.6 Å². The van der Waals surface area contributed by atoms with Crippen LogP contribution >= 0.6 is 11.6 Å². The average molecular weight is 335 g/mol. The molecule has 0 spiro atoms. The first-order valence-corrected chi connectivity index (χ1v) is 6.89. The van der Waals surface area contributed by atoms with Crippen LogP contribution in [0.1, 0.15) is 0 Å². The van der Waals surface area contributed by atoms with E-state index in [-0.39, 0.29) is 16.5 Å². The van der Waals surface area contributed by atoms with Crippen LogP contribution in [0.25, 0.3) is 10.9 Å². The summed E-state index contributed by atoms with van der Waals surface area (Å²) in [5.41, 5.74) is 0.408. The Kier molecular flexibility index (Phi) is 4.08. The summed E-state index contributed by atoms with van der Waals surface area (Å²) in [4.78, 5) is 16.1. The highest BCUT2D eigenvalue weighted by molar-refractivity contribution is 6.33. The Hall–Kier alpha value is -2.73. The van der Waals surface area contributed by atoms with Crippen LogP contribution in [0.3, 0.4) is 0 Å². The zero-order chi connectivity index (χ0) is 16.4. The van der Waals surface area contributed by atoms with Gasteiger partial charge in [0.15, 0.2) is 17.4 Å². The lowest BCUT2D eigenvalue weighted by atomic mass is 10.2. The van der Waals surface area contributed by atoms with Crippen LogP contribution in [0.15, 0.2) is 48.7 Å². The minimum absolute atomic E-state index is 0.0937. The van der Waals surface area contributed by atoms with E-state index >= 15 is 0 Å². The summed E-state index contributed by atoms with van der Waals surface area (Å²) < 4.78 is 31.4. The number of rotatable bonds is 2. The van der Waals surface area contributed by atoms with Crippen LogP contribution in [-0.4, -0.2) is 11.1 Å². The molecule has 3 aromatic rings. The smallest absolute Gasteiger partial charge is 0.408 e. The van der Waals surface area contributed by atoms with E-state index in [1.807, 2.05) is 12.1 Å². The normalized spacial score (nSPS) is 10.6. The number of nitrogens with one attached hydrogen (secondary N) is 1. The maximum Gasteiger partial charge on any atom is 0.417 e. The lowest BCUT2D eigenvalue weighted by molar-refractivity contribution is 0.215. The van der Waals surface area contributed by atoms with Crippen molar-refractivity contribution in [1.82, 2.24) is 4.98 Å². The molecule has 0 atom stereocenters. The van der Waals surface area contributed by atoms with Gasteiger partial charge >= 0.3 is 6.09 Å². The minimum Gasteiger partial charge on any atom is -0.408 e. The molecule has 1 aromatic heterocycles. The molecule has 0 saturated carbocycles. The number of nitrogens with zero attached hydrogens (tertiary/aromatic N) is 1.